The summed E-state index contributed by atoms with van der Waals surface area (Å²) in [6.07, 6.45) is -1.83. The summed E-state index contributed by atoms with van der Waals surface area (Å²) in [4.78, 5) is 8.56. The summed E-state index contributed by atoms with van der Waals surface area (Å²) < 4.78 is 0. The first-order valence-electron chi connectivity index (χ1n) is 4.38. The van der Waals surface area contributed by atoms with Crippen molar-refractivity contribution in [1.29, 1.82) is 0 Å². The smallest absolute Gasteiger partial charge is 0.450 e. The minimum Gasteiger partial charge on any atom is -0.450 e. The SMILES string of the molecule is NCCNCCNCCN.O=C(O)O. The highest BCUT2D eigenvalue weighted by molar-refractivity contribution is 5.53. The van der Waals surface area contributed by atoms with Crippen molar-refractivity contribution < 1.29 is 15.0 Å². The van der Waals surface area contributed by atoms with E-state index >= 15 is 0 Å². The average Bonchev–Trinajstić information content (AvgIpc) is 2.10. The molecule has 0 radical (unpaired) electrons. The Morgan fingerprint density at radius 2 is 1.21 bits per heavy atom. The van der Waals surface area contributed by atoms with Gasteiger partial charge in [0.2, 0.25) is 0 Å². The van der Waals surface area contributed by atoms with Crippen LogP contribution in [0, 0.1) is 0 Å². The van der Waals surface area contributed by atoms with E-state index in [-0.39, 0.29) is 0 Å². The predicted octanol–water partition coefficient (Wildman–Crippen LogP) is -1.69. The summed E-state index contributed by atoms with van der Waals surface area (Å²) in [5, 5.41) is 20.3. The van der Waals surface area contributed by atoms with Crippen molar-refractivity contribution >= 4 is 6.16 Å². The molecule has 0 rings (SSSR count). The zero-order valence-corrected chi connectivity index (χ0v) is 8.20. The Morgan fingerprint density at radius 1 is 0.929 bits per heavy atom. The second-order valence-corrected chi connectivity index (χ2v) is 2.36. The maximum atomic E-state index is 8.56. The molecule has 0 spiro atoms. The minimum absolute atomic E-state index is 0.705. The average molecular weight is 208 g/mol. The molecule has 7 nitrogen and oxygen atoms in total. The molecule has 0 unspecified atom stereocenters. The molecule has 14 heavy (non-hydrogen) atoms. The molecule has 0 saturated carbocycles. The molecule has 0 fully saturated rings. The monoisotopic (exact) mass is 208 g/mol. The van der Waals surface area contributed by atoms with Crippen LogP contribution in [0.3, 0.4) is 0 Å². The van der Waals surface area contributed by atoms with E-state index in [0.717, 1.165) is 26.2 Å². The Labute approximate surface area is 83.5 Å². The highest BCUT2D eigenvalue weighted by Crippen LogP contribution is 1.57. The van der Waals surface area contributed by atoms with Gasteiger partial charge in [0, 0.05) is 39.3 Å². The first kappa shape index (κ1) is 15.6. The second kappa shape index (κ2) is 14.6. The van der Waals surface area contributed by atoms with Crippen LogP contribution in [0.4, 0.5) is 4.79 Å². The largest absolute Gasteiger partial charge is 0.503 e. The third-order valence-electron chi connectivity index (χ3n) is 1.12. The van der Waals surface area contributed by atoms with Crippen LogP contribution in [0.25, 0.3) is 0 Å². The summed E-state index contributed by atoms with van der Waals surface area (Å²) >= 11 is 0. The third-order valence-corrected chi connectivity index (χ3v) is 1.12. The van der Waals surface area contributed by atoms with Gasteiger partial charge in [-0.2, -0.15) is 0 Å². The fourth-order valence-electron chi connectivity index (χ4n) is 0.631. The molecule has 7 heteroatoms. The number of carbonyl (C=O) groups is 1. The maximum Gasteiger partial charge on any atom is 0.503 e. The van der Waals surface area contributed by atoms with Gasteiger partial charge in [0.1, 0.15) is 0 Å². The molecule has 0 aromatic carbocycles. The number of hydrogen-bond donors (Lipinski definition) is 6. The number of carboxylic acid groups (broad SMARTS) is 2. The molecule has 86 valence electrons. The van der Waals surface area contributed by atoms with Crippen molar-refractivity contribution in [3.63, 3.8) is 0 Å². The van der Waals surface area contributed by atoms with E-state index in [1.165, 1.54) is 0 Å². The molecule has 8 N–H and O–H groups in total. The van der Waals surface area contributed by atoms with Gasteiger partial charge < -0.3 is 32.3 Å². The van der Waals surface area contributed by atoms with Gasteiger partial charge in [0.05, 0.1) is 0 Å². The van der Waals surface area contributed by atoms with Crippen LogP contribution in [-0.2, 0) is 0 Å². The first-order valence-corrected chi connectivity index (χ1v) is 4.38. The highest BCUT2D eigenvalue weighted by atomic mass is 16.6. The fraction of sp³-hybridized carbons (Fsp3) is 0.857. The Kier molecular flexibility index (Phi) is 16.3. The molecule has 0 aliphatic carbocycles. The van der Waals surface area contributed by atoms with E-state index in [9.17, 15) is 0 Å². The Morgan fingerprint density at radius 3 is 1.43 bits per heavy atom. The van der Waals surface area contributed by atoms with E-state index in [0.29, 0.717) is 13.1 Å². The molecule has 0 saturated heterocycles. The summed E-state index contributed by atoms with van der Waals surface area (Å²) in [5.41, 5.74) is 10.5. The molecule has 0 heterocycles. The van der Waals surface area contributed by atoms with Gasteiger partial charge in [-0.15, -0.1) is 0 Å². The minimum atomic E-state index is -1.83. The lowest BCUT2D eigenvalue weighted by Crippen LogP contribution is -2.32. The number of hydrogen-bond acceptors (Lipinski definition) is 5. The van der Waals surface area contributed by atoms with E-state index < -0.39 is 6.16 Å². The molecule has 0 aliphatic heterocycles. The van der Waals surface area contributed by atoms with Crippen LogP contribution < -0.4 is 22.1 Å². The summed E-state index contributed by atoms with van der Waals surface area (Å²) in [6.45, 7) is 5.14. The van der Waals surface area contributed by atoms with Gasteiger partial charge in [-0.25, -0.2) is 4.79 Å². The zero-order valence-electron chi connectivity index (χ0n) is 8.20. The van der Waals surface area contributed by atoms with E-state index in [1.54, 1.807) is 0 Å². The molecular formula is C7H20N4O3. The Balaban J connectivity index is 0. The summed E-state index contributed by atoms with van der Waals surface area (Å²) in [6, 6.07) is 0. The molecule has 0 amide bonds. The van der Waals surface area contributed by atoms with Crippen LogP contribution in [0.5, 0.6) is 0 Å². The molecule has 0 bridgehead atoms. The first-order chi connectivity index (χ1) is 6.65. The van der Waals surface area contributed by atoms with E-state index in [4.69, 9.17) is 26.5 Å². The van der Waals surface area contributed by atoms with E-state index in [1.807, 2.05) is 0 Å². The van der Waals surface area contributed by atoms with Crippen molar-refractivity contribution in [2.75, 3.05) is 39.3 Å². The Bertz CT molecular complexity index is 112. The Hall–Kier alpha value is -0.890. The molecule has 0 aromatic rings. The van der Waals surface area contributed by atoms with Crippen molar-refractivity contribution in [3.05, 3.63) is 0 Å². The highest BCUT2D eigenvalue weighted by Gasteiger charge is 1.83. The van der Waals surface area contributed by atoms with Gasteiger partial charge in [0.25, 0.3) is 0 Å². The van der Waals surface area contributed by atoms with Crippen LogP contribution in [0.1, 0.15) is 0 Å². The van der Waals surface area contributed by atoms with Gasteiger partial charge >= 0.3 is 6.16 Å². The number of nitrogens with one attached hydrogen (secondary N) is 2. The second-order valence-electron chi connectivity index (χ2n) is 2.36. The van der Waals surface area contributed by atoms with Crippen LogP contribution in [0.2, 0.25) is 0 Å². The van der Waals surface area contributed by atoms with Crippen molar-refractivity contribution in [1.82, 2.24) is 10.6 Å². The topological polar surface area (TPSA) is 134 Å². The molecule has 0 aromatic heterocycles. The molecular weight excluding hydrogens is 188 g/mol. The lowest BCUT2D eigenvalue weighted by Gasteiger charge is -2.03. The zero-order chi connectivity index (χ0) is 11.2. The van der Waals surface area contributed by atoms with Crippen LogP contribution >= 0.6 is 0 Å². The maximum absolute atomic E-state index is 8.56. The number of rotatable bonds is 7. The van der Waals surface area contributed by atoms with Crippen molar-refractivity contribution in [3.8, 4) is 0 Å². The van der Waals surface area contributed by atoms with Gasteiger partial charge in [-0.05, 0) is 0 Å². The van der Waals surface area contributed by atoms with Crippen LogP contribution in [0.15, 0.2) is 0 Å². The summed E-state index contributed by atoms with van der Waals surface area (Å²) in [7, 11) is 0. The van der Waals surface area contributed by atoms with Gasteiger partial charge in [0.15, 0.2) is 0 Å². The molecule has 0 aliphatic rings. The third kappa shape index (κ3) is 30.4. The lowest BCUT2D eigenvalue weighted by atomic mass is 10.5. The normalized spacial score (nSPS) is 9.00. The van der Waals surface area contributed by atoms with Crippen molar-refractivity contribution in [2.24, 2.45) is 11.5 Å². The standard InChI is InChI=1S/C6H18N4.CH2O3/c7-1-3-9-5-6-10-4-2-8;2-1(3)4/h9-10H,1-8H2;(H2,2,3,4). The van der Waals surface area contributed by atoms with Crippen LogP contribution in [-0.4, -0.2) is 55.6 Å². The van der Waals surface area contributed by atoms with Gasteiger partial charge in [-0.1, -0.05) is 0 Å². The van der Waals surface area contributed by atoms with Crippen molar-refractivity contribution in [2.45, 2.75) is 0 Å². The lowest BCUT2D eigenvalue weighted by molar-refractivity contribution is 0.137. The van der Waals surface area contributed by atoms with Gasteiger partial charge in [-0.3, -0.25) is 0 Å². The number of nitrogens with two attached hydrogens (primary N) is 2. The predicted molar refractivity (Wildman–Crippen MR) is 54.5 cm³/mol. The summed E-state index contributed by atoms with van der Waals surface area (Å²) in [5.74, 6) is 0. The van der Waals surface area contributed by atoms with E-state index in [2.05, 4.69) is 10.6 Å². The molecule has 0 atom stereocenters. The fourth-order valence-corrected chi connectivity index (χ4v) is 0.631. The quantitative estimate of drug-likeness (QED) is 0.275.